The van der Waals surface area contributed by atoms with Gasteiger partial charge in [-0.3, -0.25) is 5.43 Å². The van der Waals surface area contributed by atoms with Gasteiger partial charge in [0.1, 0.15) is 6.10 Å². The minimum atomic E-state index is 0.0872. The summed E-state index contributed by atoms with van der Waals surface area (Å²) in [6.07, 6.45) is 2.66. The molecular formula is C9H14N4O2. The van der Waals surface area contributed by atoms with Gasteiger partial charge in [-0.05, 0) is 6.92 Å². The van der Waals surface area contributed by atoms with Crippen molar-refractivity contribution in [1.82, 2.24) is 9.97 Å². The molecule has 1 aromatic heterocycles. The molecular weight excluding hydrogens is 196 g/mol. The van der Waals surface area contributed by atoms with Crippen molar-refractivity contribution in [2.75, 3.05) is 18.6 Å². The minimum absolute atomic E-state index is 0.0872. The predicted molar refractivity (Wildman–Crippen MR) is 54.4 cm³/mol. The van der Waals surface area contributed by atoms with Gasteiger partial charge in [0.05, 0.1) is 13.2 Å². The average molecular weight is 210 g/mol. The maximum Gasteiger partial charge on any atom is 0.240 e. The van der Waals surface area contributed by atoms with Crippen LogP contribution in [0, 0.1) is 6.92 Å². The van der Waals surface area contributed by atoms with Crippen molar-refractivity contribution in [1.29, 1.82) is 0 Å². The van der Waals surface area contributed by atoms with Crippen LogP contribution in [0.4, 0.5) is 5.95 Å². The fraction of sp³-hybridized carbons (Fsp3) is 0.556. The monoisotopic (exact) mass is 210 g/mol. The number of nitrogens with zero attached hydrogens (tertiary/aromatic N) is 2. The Labute approximate surface area is 87.8 Å². The number of aryl methyl sites for hydroxylation is 1. The molecule has 3 N–H and O–H groups in total. The Hall–Kier alpha value is -1.40. The summed E-state index contributed by atoms with van der Waals surface area (Å²) in [6.45, 7) is 3.26. The zero-order chi connectivity index (χ0) is 10.7. The molecule has 1 aliphatic rings. The SMILES string of the molecule is Cc1cnc(NN)nc1OC1CCOC1. The van der Waals surface area contributed by atoms with Crippen LogP contribution in [0.25, 0.3) is 0 Å². The highest BCUT2D eigenvalue weighted by Crippen LogP contribution is 2.19. The summed E-state index contributed by atoms with van der Waals surface area (Å²) in [6, 6.07) is 0. The van der Waals surface area contributed by atoms with E-state index in [0.717, 1.165) is 18.6 Å². The molecule has 6 nitrogen and oxygen atoms in total. The molecule has 1 saturated heterocycles. The van der Waals surface area contributed by atoms with Gasteiger partial charge in [0.2, 0.25) is 11.8 Å². The first-order valence-corrected chi connectivity index (χ1v) is 4.84. The van der Waals surface area contributed by atoms with Crippen LogP contribution in [0.5, 0.6) is 5.88 Å². The van der Waals surface area contributed by atoms with Crippen LogP contribution >= 0.6 is 0 Å². The van der Waals surface area contributed by atoms with E-state index in [1.807, 2.05) is 6.92 Å². The van der Waals surface area contributed by atoms with E-state index in [0.29, 0.717) is 18.4 Å². The third-order valence-electron chi connectivity index (χ3n) is 2.22. The molecule has 0 amide bonds. The summed E-state index contributed by atoms with van der Waals surface area (Å²) >= 11 is 0. The van der Waals surface area contributed by atoms with Crippen LogP contribution in [-0.2, 0) is 4.74 Å². The Morgan fingerprint density at radius 1 is 1.67 bits per heavy atom. The van der Waals surface area contributed by atoms with E-state index in [2.05, 4.69) is 15.4 Å². The van der Waals surface area contributed by atoms with E-state index in [-0.39, 0.29) is 6.10 Å². The molecule has 0 aliphatic carbocycles. The molecule has 15 heavy (non-hydrogen) atoms. The van der Waals surface area contributed by atoms with Crippen molar-refractivity contribution in [3.05, 3.63) is 11.8 Å². The Bertz CT molecular complexity index is 339. The molecule has 2 heterocycles. The maximum atomic E-state index is 5.68. The average Bonchev–Trinajstić information content (AvgIpc) is 2.74. The molecule has 0 bridgehead atoms. The van der Waals surface area contributed by atoms with Crippen molar-refractivity contribution in [3.63, 3.8) is 0 Å². The summed E-state index contributed by atoms with van der Waals surface area (Å²) in [5.74, 6) is 6.14. The zero-order valence-electron chi connectivity index (χ0n) is 8.56. The van der Waals surface area contributed by atoms with Crippen molar-refractivity contribution in [3.8, 4) is 5.88 Å². The quantitative estimate of drug-likeness (QED) is 0.549. The van der Waals surface area contributed by atoms with Gasteiger partial charge in [-0.2, -0.15) is 4.98 Å². The van der Waals surface area contributed by atoms with Crippen LogP contribution < -0.4 is 16.0 Å². The first-order chi connectivity index (χ1) is 7.29. The summed E-state index contributed by atoms with van der Waals surface area (Å²) < 4.78 is 10.9. The largest absolute Gasteiger partial charge is 0.471 e. The Balaban J connectivity index is 2.11. The number of nitrogens with two attached hydrogens (primary N) is 1. The molecule has 1 atom stereocenters. The van der Waals surface area contributed by atoms with Gasteiger partial charge in [0, 0.05) is 18.2 Å². The van der Waals surface area contributed by atoms with Gasteiger partial charge in [0.15, 0.2) is 0 Å². The van der Waals surface area contributed by atoms with Gasteiger partial charge in [-0.25, -0.2) is 10.8 Å². The topological polar surface area (TPSA) is 82.3 Å². The van der Waals surface area contributed by atoms with Crippen molar-refractivity contribution < 1.29 is 9.47 Å². The van der Waals surface area contributed by atoms with E-state index < -0.39 is 0 Å². The lowest BCUT2D eigenvalue weighted by Crippen LogP contribution is -2.18. The number of rotatable bonds is 3. The van der Waals surface area contributed by atoms with E-state index >= 15 is 0 Å². The fourth-order valence-corrected chi connectivity index (χ4v) is 1.38. The number of anilines is 1. The van der Waals surface area contributed by atoms with Crippen LogP contribution in [0.3, 0.4) is 0 Å². The highest BCUT2D eigenvalue weighted by molar-refractivity contribution is 5.31. The molecule has 0 spiro atoms. The maximum absolute atomic E-state index is 5.68. The van der Waals surface area contributed by atoms with E-state index in [1.54, 1.807) is 6.20 Å². The molecule has 0 aromatic carbocycles. The Kier molecular flexibility index (Phi) is 2.98. The van der Waals surface area contributed by atoms with E-state index in [1.165, 1.54) is 0 Å². The van der Waals surface area contributed by atoms with Gasteiger partial charge in [-0.1, -0.05) is 0 Å². The van der Waals surface area contributed by atoms with Gasteiger partial charge < -0.3 is 9.47 Å². The summed E-state index contributed by atoms with van der Waals surface area (Å²) in [7, 11) is 0. The standard InChI is InChI=1S/C9H14N4O2/c1-6-4-11-9(13-10)12-8(6)15-7-2-3-14-5-7/h4,7H,2-3,5,10H2,1H3,(H,11,12,13). The van der Waals surface area contributed by atoms with Crippen LogP contribution in [0.1, 0.15) is 12.0 Å². The smallest absolute Gasteiger partial charge is 0.240 e. The van der Waals surface area contributed by atoms with Crippen LogP contribution in [0.2, 0.25) is 0 Å². The number of nitrogens with one attached hydrogen (secondary N) is 1. The minimum Gasteiger partial charge on any atom is -0.471 e. The third kappa shape index (κ3) is 2.34. The normalized spacial score (nSPS) is 20.3. The highest BCUT2D eigenvalue weighted by Gasteiger charge is 2.18. The number of hydrazine groups is 1. The number of nitrogen functional groups attached to an aromatic ring is 1. The second kappa shape index (κ2) is 4.41. The van der Waals surface area contributed by atoms with Crippen LogP contribution in [0.15, 0.2) is 6.20 Å². The van der Waals surface area contributed by atoms with Crippen LogP contribution in [-0.4, -0.2) is 29.3 Å². The first-order valence-electron chi connectivity index (χ1n) is 4.84. The van der Waals surface area contributed by atoms with E-state index in [4.69, 9.17) is 15.3 Å². The molecule has 1 fully saturated rings. The van der Waals surface area contributed by atoms with Crippen molar-refractivity contribution >= 4 is 5.95 Å². The fourth-order valence-electron chi connectivity index (χ4n) is 1.38. The summed E-state index contributed by atoms with van der Waals surface area (Å²) in [4.78, 5) is 8.10. The zero-order valence-corrected chi connectivity index (χ0v) is 8.56. The third-order valence-corrected chi connectivity index (χ3v) is 2.22. The number of ether oxygens (including phenoxy) is 2. The first kappa shape index (κ1) is 10.1. The molecule has 0 radical (unpaired) electrons. The number of hydrogen-bond donors (Lipinski definition) is 2. The van der Waals surface area contributed by atoms with Gasteiger partial charge in [0.25, 0.3) is 0 Å². The molecule has 1 aromatic rings. The summed E-state index contributed by atoms with van der Waals surface area (Å²) in [5.41, 5.74) is 3.28. The van der Waals surface area contributed by atoms with Gasteiger partial charge in [-0.15, -0.1) is 0 Å². The summed E-state index contributed by atoms with van der Waals surface area (Å²) in [5, 5.41) is 0. The molecule has 0 saturated carbocycles. The highest BCUT2D eigenvalue weighted by atomic mass is 16.5. The Morgan fingerprint density at radius 3 is 3.20 bits per heavy atom. The van der Waals surface area contributed by atoms with Crippen molar-refractivity contribution in [2.45, 2.75) is 19.4 Å². The lowest BCUT2D eigenvalue weighted by atomic mass is 10.3. The van der Waals surface area contributed by atoms with E-state index in [9.17, 15) is 0 Å². The van der Waals surface area contributed by atoms with Crippen molar-refractivity contribution in [2.24, 2.45) is 5.84 Å². The second-order valence-corrected chi connectivity index (χ2v) is 3.43. The number of aromatic nitrogens is 2. The lowest BCUT2D eigenvalue weighted by molar-refractivity contribution is 0.137. The second-order valence-electron chi connectivity index (χ2n) is 3.43. The molecule has 82 valence electrons. The molecule has 1 aliphatic heterocycles. The molecule has 1 unspecified atom stereocenters. The molecule has 6 heteroatoms. The van der Waals surface area contributed by atoms with Gasteiger partial charge >= 0.3 is 0 Å². The lowest BCUT2D eigenvalue weighted by Gasteiger charge is -2.13. The predicted octanol–water partition coefficient (Wildman–Crippen LogP) is 0.238. The molecule has 2 rings (SSSR count). The Morgan fingerprint density at radius 2 is 2.53 bits per heavy atom. The number of hydrogen-bond acceptors (Lipinski definition) is 6.